The van der Waals surface area contributed by atoms with Crippen LogP contribution in [0.25, 0.3) is 33.5 Å². The summed E-state index contributed by atoms with van der Waals surface area (Å²) in [7, 11) is 3.73. The van der Waals surface area contributed by atoms with Crippen molar-refractivity contribution in [2.75, 3.05) is 32.1 Å². The van der Waals surface area contributed by atoms with Crippen molar-refractivity contribution in [3.8, 4) is 17.3 Å². The van der Waals surface area contributed by atoms with Gasteiger partial charge in [0.15, 0.2) is 5.82 Å². The molecule has 2 atom stereocenters. The van der Waals surface area contributed by atoms with Gasteiger partial charge in [0.05, 0.1) is 23.8 Å². The molecule has 41 heavy (non-hydrogen) atoms. The topological polar surface area (TPSA) is 90.3 Å². The highest BCUT2D eigenvalue weighted by atomic mass is 16.5. The molecule has 3 N–H and O–H groups in total. The van der Waals surface area contributed by atoms with Crippen molar-refractivity contribution < 1.29 is 9.53 Å². The number of nitrogens with two attached hydrogens (primary N) is 1. The average Bonchev–Trinajstić information content (AvgIpc) is 3.90. The van der Waals surface area contributed by atoms with E-state index in [4.69, 9.17) is 15.5 Å². The highest BCUT2D eigenvalue weighted by molar-refractivity contribution is 6.01. The number of hydrogen-bond donors (Lipinski definition) is 2. The Hall–Kier alpha value is -3.52. The quantitative estimate of drug-likeness (QED) is 0.275. The second-order valence-electron chi connectivity index (χ2n) is 13.1. The van der Waals surface area contributed by atoms with E-state index in [1.54, 1.807) is 7.11 Å². The first-order valence-electron chi connectivity index (χ1n) is 15.4. The van der Waals surface area contributed by atoms with E-state index < -0.39 is 0 Å². The van der Waals surface area contributed by atoms with E-state index in [0.717, 1.165) is 60.9 Å². The lowest BCUT2D eigenvalue weighted by Gasteiger charge is -2.64. The van der Waals surface area contributed by atoms with Gasteiger partial charge in [-0.15, -0.1) is 0 Å². The van der Waals surface area contributed by atoms with Gasteiger partial charge in [-0.25, -0.2) is 4.98 Å². The second kappa shape index (κ2) is 9.24. The summed E-state index contributed by atoms with van der Waals surface area (Å²) in [4.78, 5) is 20.7. The normalized spacial score (nSPS) is 23.4. The standard InChI is InChI=1S/C33H40N6O2/c1-37-30-25(13-23(15-28(30)41-2)32(40)39-19-33(18-34)11-9-29(33)39)36-31(37)27-14-22-7-8-24(35-12-10-20-3-4-20)16-26(22)38(27)17-21-5-6-21/h7-8,13-16,20-21,29,35H,3-6,9-12,17-19,34H2,1-2H3/t29?,33-/m1/s1. The Morgan fingerprint density at radius 2 is 1.95 bits per heavy atom. The molecular weight excluding hydrogens is 512 g/mol. The lowest BCUT2D eigenvalue weighted by molar-refractivity contribution is -0.117. The van der Waals surface area contributed by atoms with Gasteiger partial charge in [0.1, 0.15) is 11.3 Å². The van der Waals surface area contributed by atoms with E-state index in [0.29, 0.717) is 23.8 Å². The maximum absolute atomic E-state index is 13.6. The van der Waals surface area contributed by atoms with Crippen LogP contribution in [0.5, 0.6) is 5.75 Å². The Bertz CT molecular complexity index is 1670. The van der Waals surface area contributed by atoms with Gasteiger partial charge < -0.3 is 29.8 Å². The van der Waals surface area contributed by atoms with E-state index in [2.05, 4.69) is 45.8 Å². The number of aryl methyl sites for hydroxylation is 1. The number of anilines is 1. The van der Waals surface area contributed by atoms with Crippen LogP contribution in [0.15, 0.2) is 36.4 Å². The predicted octanol–water partition coefficient (Wildman–Crippen LogP) is 5.39. The van der Waals surface area contributed by atoms with Gasteiger partial charge >= 0.3 is 0 Å². The second-order valence-corrected chi connectivity index (χ2v) is 13.1. The molecule has 3 aliphatic carbocycles. The van der Waals surface area contributed by atoms with Crippen molar-refractivity contribution in [1.82, 2.24) is 19.0 Å². The van der Waals surface area contributed by atoms with Crippen LogP contribution in [0.4, 0.5) is 5.69 Å². The fourth-order valence-electron chi connectivity index (χ4n) is 7.32. The van der Waals surface area contributed by atoms with Gasteiger partial charge in [0.25, 0.3) is 5.91 Å². The molecule has 0 radical (unpaired) electrons. The zero-order chi connectivity index (χ0) is 27.9. The summed E-state index contributed by atoms with van der Waals surface area (Å²) >= 11 is 0. The van der Waals surface area contributed by atoms with Crippen LogP contribution in [-0.4, -0.2) is 57.7 Å². The number of benzene rings is 2. The molecule has 0 bridgehead atoms. The molecule has 4 aliphatic rings. The third-order valence-corrected chi connectivity index (χ3v) is 10.4. The van der Waals surface area contributed by atoms with E-state index in [-0.39, 0.29) is 17.4 Å². The zero-order valence-electron chi connectivity index (χ0n) is 24.2. The van der Waals surface area contributed by atoms with Crippen molar-refractivity contribution in [3.05, 3.63) is 42.0 Å². The van der Waals surface area contributed by atoms with Crippen LogP contribution in [0.1, 0.15) is 55.3 Å². The lowest BCUT2D eigenvalue weighted by atomic mass is 9.57. The molecule has 2 aromatic heterocycles. The summed E-state index contributed by atoms with van der Waals surface area (Å²) < 4.78 is 10.4. The predicted molar refractivity (Wildman–Crippen MR) is 162 cm³/mol. The Morgan fingerprint density at radius 1 is 1.12 bits per heavy atom. The summed E-state index contributed by atoms with van der Waals surface area (Å²) in [5.74, 6) is 3.26. The number of nitrogens with zero attached hydrogens (tertiary/aromatic N) is 4. The molecule has 4 aromatic rings. The first-order valence-corrected chi connectivity index (χ1v) is 15.4. The molecule has 1 saturated heterocycles. The van der Waals surface area contributed by atoms with Crippen LogP contribution in [0.3, 0.4) is 0 Å². The molecule has 8 rings (SSSR count). The Morgan fingerprint density at radius 3 is 2.63 bits per heavy atom. The molecule has 3 heterocycles. The fourth-order valence-corrected chi connectivity index (χ4v) is 7.32. The smallest absolute Gasteiger partial charge is 0.254 e. The number of amides is 1. The van der Waals surface area contributed by atoms with Crippen molar-refractivity contribution >= 4 is 33.5 Å². The highest BCUT2D eigenvalue weighted by Crippen LogP contribution is 2.53. The summed E-state index contributed by atoms with van der Waals surface area (Å²) in [5.41, 5.74) is 12.1. The first-order chi connectivity index (χ1) is 20.0. The molecular formula is C33H40N6O2. The SMILES string of the molecule is COc1cc(C(=O)N2C[C@]3(CN)CCC23)cc2nc(-c3cc4ccc(NCCC5CC5)cc4n3CC3CC3)n(C)c12. The molecule has 8 heteroatoms. The van der Waals surface area contributed by atoms with E-state index in [1.165, 1.54) is 48.7 Å². The fraction of sp³-hybridized carbons (Fsp3) is 0.515. The number of hydrogen-bond acceptors (Lipinski definition) is 5. The van der Waals surface area contributed by atoms with Gasteiger partial charge in [-0.1, -0.05) is 18.9 Å². The summed E-state index contributed by atoms with van der Waals surface area (Å²) in [5, 5.41) is 4.89. The number of aromatic nitrogens is 3. The summed E-state index contributed by atoms with van der Waals surface area (Å²) in [6, 6.07) is 13.1. The van der Waals surface area contributed by atoms with Crippen LogP contribution < -0.4 is 15.8 Å². The third kappa shape index (κ3) is 4.05. The number of rotatable bonds is 10. The maximum atomic E-state index is 13.6. The number of methoxy groups -OCH3 is 1. The molecule has 8 nitrogen and oxygen atoms in total. The van der Waals surface area contributed by atoms with Crippen LogP contribution in [0.2, 0.25) is 0 Å². The van der Waals surface area contributed by atoms with Gasteiger partial charge in [-0.3, -0.25) is 4.79 Å². The lowest BCUT2D eigenvalue weighted by Crippen LogP contribution is -2.74. The molecule has 0 spiro atoms. The van der Waals surface area contributed by atoms with Gasteiger partial charge in [0.2, 0.25) is 0 Å². The third-order valence-electron chi connectivity index (χ3n) is 10.4. The number of imidazole rings is 1. The Balaban J connectivity index is 1.17. The number of carbonyl (C=O) groups excluding carboxylic acids is 1. The van der Waals surface area contributed by atoms with E-state index >= 15 is 0 Å². The van der Waals surface area contributed by atoms with Crippen molar-refractivity contribution in [3.63, 3.8) is 0 Å². The molecule has 1 unspecified atom stereocenters. The van der Waals surface area contributed by atoms with Crippen LogP contribution >= 0.6 is 0 Å². The number of carbonyl (C=O) groups is 1. The summed E-state index contributed by atoms with van der Waals surface area (Å²) in [6.45, 7) is 3.43. The monoisotopic (exact) mass is 552 g/mol. The van der Waals surface area contributed by atoms with Crippen molar-refractivity contribution in [2.45, 2.75) is 57.5 Å². The van der Waals surface area contributed by atoms with Gasteiger partial charge in [-0.05, 0) is 74.3 Å². The zero-order valence-corrected chi connectivity index (χ0v) is 24.2. The minimum absolute atomic E-state index is 0.0516. The minimum Gasteiger partial charge on any atom is -0.494 e. The Kier molecular flexibility index (Phi) is 5.68. The van der Waals surface area contributed by atoms with Crippen LogP contribution in [-0.2, 0) is 13.6 Å². The molecule has 1 amide bonds. The number of likely N-dealkylation sites (tertiary alicyclic amines) is 1. The largest absolute Gasteiger partial charge is 0.494 e. The van der Waals surface area contributed by atoms with Crippen LogP contribution in [0, 0.1) is 17.3 Å². The molecule has 4 fully saturated rings. The molecule has 2 aromatic carbocycles. The average molecular weight is 553 g/mol. The summed E-state index contributed by atoms with van der Waals surface area (Å²) in [6.07, 6.45) is 8.76. The minimum atomic E-state index is 0.0516. The van der Waals surface area contributed by atoms with E-state index in [9.17, 15) is 4.79 Å². The molecule has 214 valence electrons. The van der Waals surface area contributed by atoms with Gasteiger partial charge in [0, 0.05) is 61.3 Å². The molecule has 1 aliphatic heterocycles. The number of piperidine rings is 1. The van der Waals surface area contributed by atoms with E-state index in [1.807, 2.05) is 17.0 Å². The maximum Gasteiger partial charge on any atom is 0.254 e. The first kappa shape index (κ1) is 25.2. The number of nitrogens with one attached hydrogen (secondary N) is 1. The number of fused-ring (bicyclic) bond motifs is 3. The highest BCUT2D eigenvalue weighted by Gasteiger charge is 2.59. The van der Waals surface area contributed by atoms with Crippen molar-refractivity contribution in [2.24, 2.45) is 30.0 Å². The molecule has 3 saturated carbocycles. The Labute approximate surface area is 240 Å². The number of ether oxygens (including phenoxy) is 1. The van der Waals surface area contributed by atoms with Crippen molar-refractivity contribution in [1.29, 1.82) is 0 Å². The van der Waals surface area contributed by atoms with Gasteiger partial charge in [-0.2, -0.15) is 0 Å².